The van der Waals surface area contributed by atoms with Gasteiger partial charge < -0.3 is 4.74 Å². The van der Waals surface area contributed by atoms with Crippen LogP contribution in [0.25, 0.3) is 0 Å². The fraction of sp³-hybridized carbons (Fsp3) is 0.143. The molecule has 0 aromatic heterocycles. The third-order valence-electron chi connectivity index (χ3n) is 1.12. The molecule has 1 aromatic rings. The summed E-state index contributed by atoms with van der Waals surface area (Å²) in [6.07, 6.45) is 0. The Bertz CT molecular complexity index is 185. The standard InChI is InChI=1S/C7H9OP.HI/c1-8-6-2-4-7(9)5-3-6;/h2-5H,9H2,1H3;1H. The van der Waals surface area contributed by atoms with E-state index in [0.717, 1.165) is 5.75 Å². The highest BCUT2D eigenvalue weighted by Gasteiger charge is 1.85. The number of methoxy groups -OCH3 is 1. The van der Waals surface area contributed by atoms with Crippen LogP contribution in [-0.2, 0) is 0 Å². The van der Waals surface area contributed by atoms with Crippen molar-refractivity contribution in [3.63, 3.8) is 0 Å². The van der Waals surface area contributed by atoms with Crippen LogP contribution in [0.5, 0.6) is 5.75 Å². The number of halogens is 1. The van der Waals surface area contributed by atoms with Gasteiger partial charge in [0.25, 0.3) is 0 Å². The number of hydrogen-bond donors (Lipinski definition) is 0. The Labute approximate surface area is 80.4 Å². The SMILES string of the molecule is COc1ccc(P)cc1.I. The summed E-state index contributed by atoms with van der Waals surface area (Å²) in [7, 11) is 4.28. The van der Waals surface area contributed by atoms with Gasteiger partial charge in [0.2, 0.25) is 0 Å². The Balaban J connectivity index is 0.000000810. The van der Waals surface area contributed by atoms with E-state index in [4.69, 9.17) is 4.74 Å². The van der Waals surface area contributed by atoms with Gasteiger partial charge >= 0.3 is 0 Å². The van der Waals surface area contributed by atoms with E-state index < -0.39 is 0 Å². The predicted octanol–water partition coefficient (Wildman–Crippen LogP) is 1.81. The Hall–Kier alpha value is 0.180. The largest absolute Gasteiger partial charge is 0.497 e. The summed E-state index contributed by atoms with van der Waals surface area (Å²) in [5.41, 5.74) is 0. The average Bonchev–Trinajstić information content (AvgIpc) is 1.90. The molecule has 0 N–H and O–H groups in total. The first-order valence-corrected chi connectivity index (χ1v) is 3.30. The van der Waals surface area contributed by atoms with Gasteiger partial charge in [0, 0.05) is 0 Å². The maximum Gasteiger partial charge on any atom is 0.118 e. The predicted molar refractivity (Wildman–Crippen MR) is 57.8 cm³/mol. The second-order valence-corrected chi connectivity index (χ2v) is 2.44. The summed E-state index contributed by atoms with van der Waals surface area (Å²) >= 11 is 0. The molecule has 0 saturated carbocycles. The van der Waals surface area contributed by atoms with Crippen LogP contribution in [-0.4, -0.2) is 7.11 Å². The lowest BCUT2D eigenvalue weighted by Crippen LogP contribution is -1.88. The first-order chi connectivity index (χ1) is 4.33. The molecule has 0 aliphatic carbocycles. The van der Waals surface area contributed by atoms with Crippen molar-refractivity contribution in [3.8, 4) is 5.75 Å². The highest BCUT2D eigenvalue weighted by Crippen LogP contribution is 2.06. The first-order valence-electron chi connectivity index (χ1n) is 2.72. The maximum atomic E-state index is 4.96. The van der Waals surface area contributed by atoms with Crippen LogP contribution in [0.1, 0.15) is 0 Å². The third-order valence-corrected chi connectivity index (χ3v) is 1.50. The molecule has 1 unspecified atom stereocenters. The second-order valence-electron chi connectivity index (χ2n) is 1.77. The summed E-state index contributed by atoms with van der Waals surface area (Å²) in [5, 5.41) is 1.18. The van der Waals surface area contributed by atoms with Crippen molar-refractivity contribution in [1.29, 1.82) is 0 Å². The van der Waals surface area contributed by atoms with Gasteiger partial charge in [0.15, 0.2) is 0 Å². The lowest BCUT2D eigenvalue weighted by atomic mass is 10.3. The molecule has 0 amide bonds. The highest BCUT2D eigenvalue weighted by atomic mass is 127. The molecule has 1 rings (SSSR count). The number of ether oxygens (including phenoxy) is 1. The zero-order chi connectivity index (χ0) is 6.69. The molecule has 0 aliphatic rings. The maximum absolute atomic E-state index is 4.96. The molecule has 3 heteroatoms. The molecular weight excluding hydrogens is 258 g/mol. The second kappa shape index (κ2) is 4.91. The zero-order valence-corrected chi connectivity index (χ0v) is 9.19. The van der Waals surface area contributed by atoms with Gasteiger partial charge in [-0.15, -0.1) is 33.2 Å². The van der Waals surface area contributed by atoms with Crippen molar-refractivity contribution < 1.29 is 4.74 Å². The van der Waals surface area contributed by atoms with Gasteiger partial charge in [-0.1, -0.05) is 12.1 Å². The van der Waals surface area contributed by atoms with Crippen molar-refractivity contribution in [2.75, 3.05) is 7.11 Å². The molecule has 10 heavy (non-hydrogen) atoms. The van der Waals surface area contributed by atoms with Crippen molar-refractivity contribution in [2.45, 2.75) is 0 Å². The van der Waals surface area contributed by atoms with E-state index in [1.54, 1.807) is 7.11 Å². The number of benzene rings is 1. The van der Waals surface area contributed by atoms with Gasteiger partial charge in [0.1, 0.15) is 5.75 Å². The molecule has 0 fully saturated rings. The molecule has 1 aromatic carbocycles. The molecule has 56 valence electrons. The lowest BCUT2D eigenvalue weighted by molar-refractivity contribution is 0.415. The van der Waals surface area contributed by atoms with Gasteiger partial charge in [-0.25, -0.2) is 0 Å². The van der Waals surface area contributed by atoms with Crippen LogP contribution >= 0.6 is 33.2 Å². The van der Waals surface area contributed by atoms with E-state index in [9.17, 15) is 0 Å². The monoisotopic (exact) mass is 268 g/mol. The minimum atomic E-state index is 0. The number of hydrogen-bond acceptors (Lipinski definition) is 1. The van der Waals surface area contributed by atoms with E-state index in [1.165, 1.54) is 5.30 Å². The smallest absolute Gasteiger partial charge is 0.118 e. The number of rotatable bonds is 1. The highest BCUT2D eigenvalue weighted by molar-refractivity contribution is 14.0. The molecule has 0 radical (unpaired) electrons. The molecule has 1 nitrogen and oxygen atoms in total. The Morgan fingerprint density at radius 3 is 2.10 bits per heavy atom. The average molecular weight is 268 g/mol. The van der Waals surface area contributed by atoms with Gasteiger partial charge in [-0.05, 0) is 17.4 Å². The van der Waals surface area contributed by atoms with E-state index in [2.05, 4.69) is 9.24 Å². The van der Waals surface area contributed by atoms with Gasteiger partial charge in [-0.2, -0.15) is 0 Å². The van der Waals surface area contributed by atoms with Crippen molar-refractivity contribution in [3.05, 3.63) is 24.3 Å². The van der Waals surface area contributed by atoms with Crippen molar-refractivity contribution in [1.82, 2.24) is 0 Å². The molecule has 0 saturated heterocycles. The van der Waals surface area contributed by atoms with Crippen LogP contribution in [0.15, 0.2) is 24.3 Å². The van der Waals surface area contributed by atoms with E-state index in [1.807, 2.05) is 24.3 Å². The van der Waals surface area contributed by atoms with E-state index >= 15 is 0 Å². The minimum Gasteiger partial charge on any atom is -0.497 e. The molecule has 0 spiro atoms. The van der Waals surface area contributed by atoms with Crippen LogP contribution in [0.4, 0.5) is 0 Å². The lowest BCUT2D eigenvalue weighted by Gasteiger charge is -1.96. The van der Waals surface area contributed by atoms with Crippen molar-refractivity contribution in [2.24, 2.45) is 0 Å². The third kappa shape index (κ3) is 2.84. The Morgan fingerprint density at radius 2 is 1.70 bits per heavy atom. The summed E-state index contributed by atoms with van der Waals surface area (Å²) in [6.45, 7) is 0. The summed E-state index contributed by atoms with van der Waals surface area (Å²) in [4.78, 5) is 0. The normalized spacial score (nSPS) is 8.20. The minimum absolute atomic E-state index is 0. The van der Waals surface area contributed by atoms with E-state index in [-0.39, 0.29) is 24.0 Å². The van der Waals surface area contributed by atoms with Gasteiger partial charge in [0.05, 0.1) is 7.11 Å². The fourth-order valence-electron chi connectivity index (χ4n) is 0.604. The zero-order valence-electron chi connectivity index (χ0n) is 5.70. The molecule has 0 heterocycles. The van der Waals surface area contributed by atoms with Crippen molar-refractivity contribution >= 4 is 38.5 Å². The van der Waals surface area contributed by atoms with E-state index in [0.29, 0.717) is 0 Å². The summed E-state index contributed by atoms with van der Waals surface area (Å²) in [6, 6.07) is 7.84. The Morgan fingerprint density at radius 1 is 1.20 bits per heavy atom. The molecular formula is C7H10IOP. The van der Waals surface area contributed by atoms with Crippen LogP contribution in [0.3, 0.4) is 0 Å². The summed E-state index contributed by atoms with van der Waals surface area (Å²) in [5.74, 6) is 0.904. The Kier molecular flexibility index (Phi) is 5.00. The van der Waals surface area contributed by atoms with Crippen LogP contribution in [0.2, 0.25) is 0 Å². The van der Waals surface area contributed by atoms with Crippen LogP contribution < -0.4 is 10.0 Å². The van der Waals surface area contributed by atoms with Gasteiger partial charge in [-0.3, -0.25) is 0 Å². The topological polar surface area (TPSA) is 9.23 Å². The van der Waals surface area contributed by atoms with Crippen LogP contribution in [0, 0.1) is 0 Å². The fourth-order valence-corrected chi connectivity index (χ4v) is 0.796. The quantitative estimate of drug-likeness (QED) is 0.557. The molecule has 0 bridgehead atoms. The first kappa shape index (κ1) is 10.2. The molecule has 1 atom stereocenters. The summed E-state index contributed by atoms with van der Waals surface area (Å²) < 4.78 is 4.96. The molecule has 0 aliphatic heterocycles.